The van der Waals surface area contributed by atoms with Crippen molar-refractivity contribution in [2.45, 2.75) is 328 Å². The van der Waals surface area contributed by atoms with Crippen molar-refractivity contribution >= 4 is 19.8 Å². The average molecular weight is 1260 g/mol. The molecular weight excluding hydrogens is 1120 g/mol. The second kappa shape index (κ2) is 73.2. The van der Waals surface area contributed by atoms with Gasteiger partial charge in [0, 0.05) is 19.4 Å². The predicted octanol–water partition coefficient (Wildman–Crippen LogP) is 24.4. The molecule has 10 heteroatoms. The normalized spacial score (nSPS) is 13.7. The number of phosphoric acid groups is 1. The van der Waals surface area contributed by atoms with Crippen molar-refractivity contribution in [2.24, 2.45) is 5.73 Å². The third-order valence-electron chi connectivity index (χ3n) is 15.5. The fourth-order valence-corrected chi connectivity index (χ4v) is 11.0. The van der Waals surface area contributed by atoms with Gasteiger partial charge in [0.1, 0.15) is 6.61 Å². The second-order valence-electron chi connectivity index (χ2n) is 24.0. The van der Waals surface area contributed by atoms with Gasteiger partial charge in [-0.3, -0.25) is 18.6 Å². The van der Waals surface area contributed by atoms with E-state index in [1.54, 1.807) is 0 Å². The predicted molar refractivity (Wildman–Crippen MR) is 385 cm³/mol. The van der Waals surface area contributed by atoms with Crippen molar-refractivity contribution in [3.63, 3.8) is 0 Å². The summed E-state index contributed by atoms with van der Waals surface area (Å²) in [6, 6.07) is 0. The number of allylic oxidation sites excluding steroid dienone is 22. The van der Waals surface area contributed by atoms with Crippen LogP contribution in [-0.4, -0.2) is 49.3 Å². The van der Waals surface area contributed by atoms with Gasteiger partial charge in [0.25, 0.3) is 0 Å². The quantitative estimate of drug-likeness (QED) is 0.0264. The topological polar surface area (TPSA) is 134 Å². The highest BCUT2D eigenvalue weighted by atomic mass is 31.2. The molecule has 0 aromatic carbocycles. The number of esters is 2. The summed E-state index contributed by atoms with van der Waals surface area (Å²) in [6.45, 7) is 3.55. The minimum atomic E-state index is -4.40. The number of rotatable bonds is 68. The summed E-state index contributed by atoms with van der Waals surface area (Å²) in [6.07, 6.45) is 104. The molecule has 9 nitrogen and oxygen atoms in total. The summed E-state index contributed by atoms with van der Waals surface area (Å²) in [5, 5.41) is 0. The number of nitrogens with two attached hydrogens (primary N) is 1. The van der Waals surface area contributed by atoms with Gasteiger partial charge in [-0.1, -0.05) is 334 Å². The smallest absolute Gasteiger partial charge is 0.462 e. The van der Waals surface area contributed by atoms with E-state index in [2.05, 4.69) is 148 Å². The van der Waals surface area contributed by atoms with Gasteiger partial charge in [-0.2, -0.15) is 0 Å². The Hall–Kier alpha value is -3.85. The number of ether oxygens (including phenoxy) is 2. The van der Waals surface area contributed by atoms with Crippen LogP contribution in [-0.2, 0) is 32.7 Å². The Kier molecular flexibility index (Phi) is 70.0. The van der Waals surface area contributed by atoms with Crippen LogP contribution in [0.25, 0.3) is 0 Å². The maximum Gasteiger partial charge on any atom is 0.472 e. The molecular formula is C79H136NO8P. The molecule has 0 aliphatic rings. The van der Waals surface area contributed by atoms with Gasteiger partial charge in [0.2, 0.25) is 0 Å². The van der Waals surface area contributed by atoms with E-state index in [0.29, 0.717) is 6.42 Å². The minimum absolute atomic E-state index is 0.0501. The summed E-state index contributed by atoms with van der Waals surface area (Å²) in [5.74, 6) is -0.820. The summed E-state index contributed by atoms with van der Waals surface area (Å²) in [5.41, 5.74) is 5.41. The average Bonchev–Trinajstić information content (AvgIpc) is 3.68. The molecule has 2 unspecified atom stereocenters. The SMILES string of the molecule is CC/C=C\C/C=C\C/C=C\C/C=C\C/C=C\C/C=C\C/C=C\CCCCCCCCCCCCCCCCCC(=O)OC(COC(=O)CCCCCCCCCCCCCCCCCCCC/C=C\C/C=C\C/C=C\C/C=C\CC)COP(=O)(O)OCCN. The van der Waals surface area contributed by atoms with Gasteiger partial charge in [-0.05, 0) is 109 Å². The van der Waals surface area contributed by atoms with Crippen molar-refractivity contribution in [3.05, 3.63) is 134 Å². The van der Waals surface area contributed by atoms with Crippen molar-refractivity contribution < 1.29 is 37.6 Å². The lowest BCUT2D eigenvalue weighted by molar-refractivity contribution is -0.161. The van der Waals surface area contributed by atoms with E-state index >= 15 is 0 Å². The Morgan fingerprint density at radius 1 is 0.337 bits per heavy atom. The fraction of sp³-hybridized carbons (Fsp3) is 0.696. The summed E-state index contributed by atoms with van der Waals surface area (Å²) >= 11 is 0. The second-order valence-corrected chi connectivity index (χ2v) is 25.5. The lowest BCUT2D eigenvalue weighted by Crippen LogP contribution is -2.29. The lowest BCUT2D eigenvalue weighted by atomic mass is 10.0. The van der Waals surface area contributed by atoms with E-state index < -0.39 is 26.5 Å². The maximum atomic E-state index is 12.8. The minimum Gasteiger partial charge on any atom is -0.462 e. The van der Waals surface area contributed by atoms with Gasteiger partial charge in [-0.15, -0.1) is 0 Å². The molecule has 3 N–H and O–H groups in total. The molecule has 510 valence electrons. The molecule has 0 aromatic heterocycles. The molecule has 0 amide bonds. The monoisotopic (exact) mass is 1260 g/mol. The molecule has 0 saturated heterocycles. The standard InChI is InChI=1S/C79H136NO8P/c1-3-5-7-9-11-13-15-17-19-21-23-25-27-29-31-33-35-36-37-38-39-40-42-44-46-48-50-52-54-56-58-60-62-64-66-68-70-72-79(82)88-77(76-87-89(83,84)86-74-73-80)75-85-78(81)71-69-67-65-63-61-59-57-55-53-51-49-47-45-43-41-34-32-30-28-26-24-22-20-18-16-14-12-10-8-6-4-2/h5-8,11-14,17-20,23-26,29,31,35-36,38-39,77H,3-4,9-10,15-16,21-22,27-28,30,32-34,37,40-76,80H2,1-2H3,(H,83,84)/b7-5-,8-6-,13-11-,14-12-,19-17-,20-18-,25-23-,26-24-,31-29-,36-35-,39-38-. The molecule has 0 rings (SSSR count). The van der Waals surface area contributed by atoms with E-state index in [0.717, 1.165) is 109 Å². The summed E-state index contributed by atoms with van der Waals surface area (Å²) in [4.78, 5) is 35.4. The van der Waals surface area contributed by atoms with Crippen molar-refractivity contribution in [3.8, 4) is 0 Å². The van der Waals surface area contributed by atoms with Crippen LogP contribution in [0.3, 0.4) is 0 Å². The number of hydrogen-bond donors (Lipinski definition) is 2. The summed E-state index contributed by atoms with van der Waals surface area (Å²) in [7, 11) is -4.40. The van der Waals surface area contributed by atoms with Crippen LogP contribution in [0.4, 0.5) is 0 Å². The molecule has 0 heterocycles. The molecule has 2 atom stereocenters. The fourth-order valence-electron chi connectivity index (χ4n) is 10.2. The zero-order chi connectivity index (χ0) is 64.4. The van der Waals surface area contributed by atoms with Gasteiger partial charge < -0.3 is 20.1 Å². The van der Waals surface area contributed by atoms with E-state index in [9.17, 15) is 19.0 Å². The van der Waals surface area contributed by atoms with E-state index in [1.165, 1.54) is 180 Å². The van der Waals surface area contributed by atoms with Crippen LogP contribution in [0.5, 0.6) is 0 Å². The molecule has 0 aromatic rings. The highest BCUT2D eigenvalue weighted by molar-refractivity contribution is 7.47. The summed E-state index contributed by atoms with van der Waals surface area (Å²) < 4.78 is 33.2. The van der Waals surface area contributed by atoms with E-state index in [-0.39, 0.29) is 38.6 Å². The van der Waals surface area contributed by atoms with Crippen LogP contribution in [0.2, 0.25) is 0 Å². The third kappa shape index (κ3) is 73.1. The highest BCUT2D eigenvalue weighted by Crippen LogP contribution is 2.43. The molecule has 0 aliphatic carbocycles. The zero-order valence-corrected chi connectivity index (χ0v) is 58.3. The van der Waals surface area contributed by atoms with Gasteiger partial charge in [0.05, 0.1) is 13.2 Å². The number of carbonyl (C=O) groups is 2. The molecule has 0 saturated carbocycles. The van der Waals surface area contributed by atoms with Gasteiger partial charge >= 0.3 is 19.8 Å². The first-order chi connectivity index (χ1) is 43.8. The van der Waals surface area contributed by atoms with E-state index in [1.807, 2.05) is 0 Å². The number of carbonyl (C=O) groups excluding carboxylic acids is 2. The number of unbranched alkanes of at least 4 members (excludes halogenated alkanes) is 33. The molecule has 0 aliphatic heterocycles. The van der Waals surface area contributed by atoms with Crippen LogP contribution >= 0.6 is 7.82 Å². The first-order valence-corrected chi connectivity index (χ1v) is 38.2. The molecule has 0 radical (unpaired) electrons. The van der Waals surface area contributed by atoms with Crippen molar-refractivity contribution in [1.82, 2.24) is 0 Å². The Morgan fingerprint density at radius 3 is 0.865 bits per heavy atom. The zero-order valence-electron chi connectivity index (χ0n) is 57.4. The Morgan fingerprint density at radius 2 is 0.584 bits per heavy atom. The van der Waals surface area contributed by atoms with E-state index in [4.69, 9.17) is 24.3 Å². The molecule has 0 spiro atoms. The third-order valence-corrected chi connectivity index (χ3v) is 16.5. The number of phosphoric ester groups is 1. The van der Waals surface area contributed by atoms with Crippen LogP contribution in [0.15, 0.2) is 134 Å². The lowest BCUT2D eigenvalue weighted by Gasteiger charge is -2.19. The van der Waals surface area contributed by atoms with Crippen molar-refractivity contribution in [2.75, 3.05) is 26.4 Å². The Balaban J connectivity index is 3.86. The van der Waals surface area contributed by atoms with Crippen molar-refractivity contribution in [1.29, 1.82) is 0 Å². The Bertz CT molecular complexity index is 1920. The van der Waals surface area contributed by atoms with Crippen LogP contribution in [0.1, 0.15) is 322 Å². The molecule has 0 fully saturated rings. The first-order valence-electron chi connectivity index (χ1n) is 36.7. The Labute approximate surface area is 548 Å². The van der Waals surface area contributed by atoms with Crippen LogP contribution in [0, 0.1) is 0 Å². The largest absolute Gasteiger partial charge is 0.472 e. The first kappa shape index (κ1) is 85.2. The molecule has 89 heavy (non-hydrogen) atoms. The van der Waals surface area contributed by atoms with Crippen LogP contribution < -0.4 is 5.73 Å². The van der Waals surface area contributed by atoms with Gasteiger partial charge in [0.15, 0.2) is 6.10 Å². The molecule has 0 bridgehead atoms. The highest BCUT2D eigenvalue weighted by Gasteiger charge is 2.26. The van der Waals surface area contributed by atoms with Gasteiger partial charge in [-0.25, -0.2) is 4.57 Å². The number of hydrogen-bond acceptors (Lipinski definition) is 8. The maximum absolute atomic E-state index is 12.8.